The van der Waals surface area contributed by atoms with Gasteiger partial charge in [0.25, 0.3) is 0 Å². The van der Waals surface area contributed by atoms with Gasteiger partial charge in [-0.1, -0.05) is 17.3 Å². The molecule has 104 valence electrons. The Labute approximate surface area is 112 Å². The Morgan fingerprint density at radius 2 is 2.16 bits per heavy atom. The minimum atomic E-state index is 0.0630. The monoisotopic (exact) mass is 264 g/mol. The molecule has 0 aliphatic rings. The van der Waals surface area contributed by atoms with E-state index in [4.69, 9.17) is 4.52 Å². The Bertz CT molecular complexity index is 524. The molecular formula is C12H20N6O. The highest BCUT2D eigenvalue weighted by Crippen LogP contribution is 2.03. The van der Waals surface area contributed by atoms with E-state index >= 15 is 0 Å². The largest absolute Gasteiger partial charge is 0.339 e. The molecule has 0 saturated heterocycles. The third-order valence-electron chi connectivity index (χ3n) is 2.50. The summed E-state index contributed by atoms with van der Waals surface area (Å²) in [6.45, 7) is 9.49. The smallest absolute Gasteiger partial charge is 0.226 e. The molecule has 7 heteroatoms. The van der Waals surface area contributed by atoms with Crippen molar-refractivity contribution in [2.45, 2.75) is 52.7 Å². The lowest BCUT2D eigenvalue weighted by atomic mass is 10.1. The van der Waals surface area contributed by atoms with Gasteiger partial charge in [-0.05, 0) is 20.8 Å². The van der Waals surface area contributed by atoms with E-state index in [1.54, 1.807) is 4.68 Å². The number of aryl methyl sites for hydroxylation is 1. The van der Waals surface area contributed by atoms with Gasteiger partial charge in [0.1, 0.15) is 6.54 Å². The quantitative estimate of drug-likeness (QED) is 0.872. The van der Waals surface area contributed by atoms with Crippen LogP contribution in [-0.4, -0.2) is 30.7 Å². The highest BCUT2D eigenvalue weighted by atomic mass is 16.5. The van der Waals surface area contributed by atoms with Crippen LogP contribution in [0.15, 0.2) is 10.7 Å². The Kier molecular flexibility index (Phi) is 3.94. The fourth-order valence-corrected chi connectivity index (χ4v) is 1.50. The summed E-state index contributed by atoms with van der Waals surface area (Å²) in [7, 11) is 0. The Hall–Kier alpha value is -1.76. The Morgan fingerprint density at radius 3 is 2.79 bits per heavy atom. The van der Waals surface area contributed by atoms with Crippen molar-refractivity contribution in [3.05, 3.63) is 23.6 Å². The van der Waals surface area contributed by atoms with Crippen LogP contribution in [0.3, 0.4) is 0 Å². The van der Waals surface area contributed by atoms with Crippen LogP contribution in [0.5, 0.6) is 0 Å². The zero-order valence-corrected chi connectivity index (χ0v) is 11.8. The van der Waals surface area contributed by atoms with Crippen LogP contribution in [0.1, 0.15) is 45.1 Å². The van der Waals surface area contributed by atoms with E-state index in [1.165, 1.54) is 0 Å². The first-order chi connectivity index (χ1) is 8.96. The van der Waals surface area contributed by atoms with Gasteiger partial charge in [0.05, 0.1) is 11.9 Å². The lowest BCUT2D eigenvalue weighted by Crippen LogP contribution is -2.35. The molecule has 0 atom stereocenters. The minimum absolute atomic E-state index is 0.0630. The van der Waals surface area contributed by atoms with Crippen molar-refractivity contribution < 1.29 is 4.52 Å². The number of aromatic nitrogens is 5. The van der Waals surface area contributed by atoms with Gasteiger partial charge in [-0.3, -0.25) is 0 Å². The summed E-state index contributed by atoms with van der Waals surface area (Å²) in [4.78, 5) is 4.24. The van der Waals surface area contributed by atoms with Crippen LogP contribution < -0.4 is 5.32 Å². The molecule has 7 nitrogen and oxygen atoms in total. The lowest BCUT2D eigenvalue weighted by Gasteiger charge is -2.19. The normalized spacial score (nSPS) is 12.0. The van der Waals surface area contributed by atoms with Gasteiger partial charge in [0, 0.05) is 18.5 Å². The fraction of sp³-hybridized carbons (Fsp3) is 0.667. The first kappa shape index (κ1) is 13.7. The minimum Gasteiger partial charge on any atom is -0.339 e. The molecule has 0 aliphatic carbocycles. The van der Waals surface area contributed by atoms with Gasteiger partial charge in [-0.25, -0.2) is 4.68 Å². The first-order valence-electron chi connectivity index (χ1n) is 6.42. The molecule has 2 aromatic rings. The number of hydrogen-bond acceptors (Lipinski definition) is 6. The van der Waals surface area contributed by atoms with Crippen molar-refractivity contribution in [1.29, 1.82) is 0 Å². The van der Waals surface area contributed by atoms with E-state index in [2.05, 4.69) is 46.5 Å². The number of rotatable bonds is 5. The molecule has 19 heavy (non-hydrogen) atoms. The van der Waals surface area contributed by atoms with Crippen LogP contribution >= 0.6 is 0 Å². The summed E-state index contributed by atoms with van der Waals surface area (Å²) in [5.74, 6) is 1.27. The van der Waals surface area contributed by atoms with Crippen LogP contribution in [0, 0.1) is 0 Å². The second-order valence-corrected chi connectivity index (χ2v) is 5.47. The number of nitrogens with one attached hydrogen (secondary N) is 1. The average Bonchev–Trinajstić information content (AvgIpc) is 2.95. The fourth-order valence-electron chi connectivity index (χ4n) is 1.50. The average molecular weight is 264 g/mol. The summed E-state index contributed by atoms with van der Waals surface area (Å²) in [6.07, 6.45) is 2.63. The maximum atomic E-state index is 5.05. The van der Waals surface area contributed by atoms with E-state index in [0.29, 0.717) is 24.8 Å². The van der Waals surface area contributed by atoms with Crippen LogP contribution in [0.25, 0.3) is 0 Å². The molecule has 2 rings (SSSR count). The lowest BCUT2D eigenvalue weighted by molar-refractivity contribution is 0.374. The standard InChI is InChI=1S/C12H20N6O/c1-5-11-14-10(16-19-11)8-18-7-9(15-17-18)6-13-12(2,3)4/h7,13H,5-6,8H2,1-4H3. The van der Waals surface area contributed by atoms with Crippen LogP contribution in [-0.2, 0) is 19.5 Å². The van der Waals surface area contributed by atoms with E-state index < -0.39 is 0 Å². The topological polar surface area (TPSA) is 81.7 Å². The molecule has 0 saturated carbocycles. The summed E-state index contributed by atoms with van der Waals surface area (Å²) in [5, 5.41) is 15.4. The third-order valence-corrected chi connectivity index (χ3v) is 2.50. The third kappa shape index (κ3) is 4.13. The second-order valence-electron chi connectivity index (χ2n) is 5.47. The maximum absolute atomic E-state index is 5.05. The molecule has 0 unspecified atom stereocenters. The van der Waals surface area contributed by atoms with Crippen molar-refractivity contribution in [2.75, 3.05) is 0 Å². The van der Waals surface area contributed by atoms with Crippen LogP contribution in [0.4, 0.5) is 0 Å². The van der Waals surface area contributed by atoms with Crippen molar-refractivity contribution in [1.82, 2.24) is 30.5 Å². The molecule has 0 amide bonds. The van der Waals surface area contributed by atoms with E-state index in [9.17, 15) is 0 Å². The summed E-state index contributed by atoms with van der Waals surface area (Å²) >= 11 is 0. The summed E-state index contributed by atoms with van der Waals surface area (Å²) < 4.78 is 6.76. The molecular weight excluding hydrogens is 244 g/mol. The highest BCUT2D eigenvalue weighted by molar-refractivity contribution is 4.95. The van der Waals surface area contributed by atoms with E-state index in [-0.39, 0.29) is 5.54 Å². The SMILES string of the molecule is CCc1nc(Cn2cc(CNC(C)(C)C)nn2)no1. The van der Waals surface area contributed by atoms with Gasteiger partial charge in [0.15, 0.2) is 5.82 Å². The second kappa shape index (κ2) is 5.48. The van der Waals surface area contributed by atoms with Crippen molar-refractivity contribution in [3.8, 4) is 0 Å². The van der Waals surface area contributed by atoms with Gasteiger partial charge >= 0.3 is 0 Å². The van der Waals surface area contributed by atoms with Crippen LogP contribution in [0.2, 0.25) is 0 Å². The molecule has 0 spiro atoms. The molecule has 1 N–H and O–H groups in total. The zero-order valence-electron chi connectivity index (χ0n) is 11.8. The predicted molar refractivity (Wildman–Crippen MR) is 69.4 cm³/mol. The number of hydrogen-bond donors (Lipinski definition) is 1. The summed E-state index contributed by atoms with van der Waals surface area (Å²) in [5.41, 5.74) is 0.960. The maximum Gasteiger partial charge on any atom is 0.226 e. The Balaban J connectivity index is 1.93. The molecule has 2 aromatic heterocycles. The molecule has 0 bridgehead atoms. The van der Waals surface area contributed by atoms with Crippen molar-refractivity contribution in [3.63, 3.8) is 0 Å². The van der Waals surface area contributed by atoms with Gasteiger partial charge in [0.2, 0.25) is 5.89 Å². The zero-order chi connectivity index (χ0) is 13.9. The molecule has 0 fully saturated rings. The van der Waals surface area contributed by atoms with Gasteiger partial charge in [-0.15, -0.1) is 5.10 Å². The Morgan fingerprint density at radius 1 is 1.37 bits per heavy atom. The van der Waals surface area contributed by atoms with E-state index in [0.717, 1.165) is 12.1 Å². The predicted octanol–water partition coefficient (Wildman–Crippen LogP) is 1.16. The van der Waals surface area contributed by atoms with Gasteiger partial charge < -0.3 is 9.84 Å². The molecule has 0 aliphatic heterocycles. The first-order valence-corrected chi connectivity index (χ1v) is 6.42. The van der Waals surface area contributed by atoms with Crippen molar-refractivity contribution in [2.24, 2.45) is 0 Å². The van der Waals surface area contributed by atoms with E-state index in [1.807, 2.05) is 13.1 Å². The van der Waals surface area contributed by atoms with Gasteiger partial charge in [-0.2, -0.15) is 4.98 Å². The molecule has 0 radical (unpaired) electrons. The summed E-state index contributed by atoms with van der Waals surface area (Å²) in [6, 6.07) is 0. The molecule has 2 heterocycles. The van der Waals surface area contributed by atoms with Crippen molar-refractivity contribution >= 4 is 0 Å². The highest BCUT2D eigenvalue weighted by Gasteiger charge is 2.11. The number of nitrogens with zero attached hydrogens (tertiary/aromatic N) is 5. The molecule has 0 aromatic carbocycles.